The van der Waals surface area contributed by atoms with E-state index in [0.717, 1.165) is 13.0 Å². The van der Waals surface area contributed by atoms with Crippen LogP contribution in [-0.4, -0.2) is 36.1 Å². The third kappa shape index (κ3) is 4.09. The first-order valence-corrected chi connectivity index (χ1v) is 5.48. The van der Waals surface area contributed by atoms with Crippen molar-refractivity contribution in [3.63, 3.8) is 0 Å². The summed E-state index contributed by atoms with van der Waals surface area (Å²) in [6.07, 6.45) is 3.92. The number of hydrogen-bond donors (Lipinski definition) is 1. The monoisotopic (exact) mass is 199 g/mol. The molecule has 0 amide bonds. The number of piperidine rings is 1. The standard InChI is InChI=1S/C11H21NO2/c1-9(7-11(13)14)6-10-4-3-5-12(2)8-10/h9-10H,3-8H2,1-2H3,(H,13,14). The summed E-state index contributed by atoms with van der Waals surface area (Å²) in [6.45, 7) is 4.39. The maximum Gasteiger partial charge on any atom is 0.303 e. The molecule has 1 N–H and O–H groups in total. The Bertz CT molecular complexity index is 194. The first-order valence-electron chi connectivity index (χ1n) is 5.48. The average molecular weight is 199 g/mol. The van der Waals surface area contributed by atoms with E-state index in [1.54, 1.807) is 0 Å². The van der Waals surface area contributed by atoms with E-state index in [4.69, 9.17) is 5.11 Å². The van der Waals surface area contributed by atoms with Crippen LogP contribution in [0.2, 0.25) is 0 Å². The number of likely N-dealkylation sites (tertiary alicyclic amines) is 1. The molecule has 2 unspecified atom stereocenters. The van der Waals surface area contributed by atoms with Crippen molar-refractivity contribution in [1.29, 1.82) is 0 Å². The van der Waals surface area contributed by atoms with Gasteiger partial charge in [-0.2, -0.15) is 0 Å². The first kappa shape index (κ1) is 11.5. The van der Waals surface area contributed by atoms with Gasteiger partial charge in [0.2, 0.25) is 0 Å². The molecule has 1 heterocycles. The van der Waals surface area contributed by atoms with Gasteiger partial charge in [0.15, 0.2) is 0 Å². The van der Waals surface area contributed by atoms with Crippen molar-refractivity contribution >= 4 is 5.97 Å². The molecular weight excluding hydrogens is 178 g/mol. The highest BCUT2D eigenvalue weighted by atomic mass is 16.4. The van der Waals surface area contributed by atoms with E-state index < -0.39 is 5.97 Å². The molecular formula is C11H21NO2. The van der Waals surface area contributed by atoms with Crippen molar-refractivity contribution in [2.45, 2.75) is 32.6 Å². The molecule has 2 atom stereocenters. The van der Waals surface area contributed by atoms with Crippen molar-refractivity contribution in [2.75, 3.05) is 20.1 Å². The Morgan fingerprint density at radius 1 is 1.64 bits per heavy atom. The average Bonchev–Trinajstić information content (AvgIpc) is 2.01. The zero-order chi connectivity index (χ0) is 10.6. The Hall–Kier alpha value is -0.570. The van der Waals surface area contributed by atoms with Gasteiger partial charge in [0, 0.05) is 13.0 Å². The number of aliphatic carboxylic acids is 1. The molecule has 1 aliphatic heterocycles. The van der Waals surface area contributed by atoms with E-state index in [9.17, 15) is 4.79 Å². The highest BCUT2D eigenvalue weighted by Gasteiger charge is 2.20. The predicted octanol–water partition coefficient (Wildman–Crippen LogP) is 1.83. The van der Waals surface area contributed by atoms with Crippen molar-refractivity contribution in [2.24, 2.45) is 11.8 Å². The van der Waals surface area contributed by atoms with Crippen LogP contribution < -0.4 is 0 Å². The Morgan fingerprint density at radius 3 is 2.93 bits per heavy atom. The summed E-state index contributed by atoms with van der Waals surface area (Å²) in [5, 5.41) is 8.65. The summed E-state index contributed by atoms with van der Waals surface area (Å²) < 4.78 is 0. The zero-order valence-electron chi connectivity index (χ0n) is 9.20. The molecule has 3 nitrogen and oxygen atoms in total. The van der Waals surface area contributed by atoms with Gasteiger partial charge in [-0.3, -0.25) is 4.79 Å². The lowest BCUT2D eigenvalue weighted by Crippen LogP contribution is -2.32. The van der Waals surface area contributed by atoms with E-state index in [2.05, 4.69) is 11.9 Å². The van der Waals surface area contributed by atoms with Crippen LogP contribution in [-0.2, 0) is 4.79 Å². The van der Waals surface area contributed by atoms with Crippen LogP contribution >= 0.6 is 0 Å². The minimum Gasteiger partial charge on any atom is -0.481 e. The Balaban J connectivity index is 2.25. The second kappa shape index (κ2) is 5.35. The van der Waals surface area contributed by atoms with Crippen LogP contribution in [0.25, 0.3) is 0 Å². The fraction of sp³-hybridized carbons (Fsp3) is 0.909. The van der Waals surface area contributed by atoms with Gasteiger partial charge in [-0.15, -0.1) is 0 Å². The Kier molecular flexibility index (Phi) is 4.39. The summed E-state index contributed by atoms with van der Waals surface area (Å²) in [4.78, 5) is 12.9. The van der Waals surface area contributed by atoms with Crippen LogP contribution in [0, 0.1) is 11.8 Å². The Labute approximate surface area is 86.1 Å². The molecule has 1 aliphatic rings. The van der Waals surface area contributed by atoms with Gasteiger partial charge in [-0.25, -0.2) is 0 Å². The van der Waals surface area contributed by atoms with Crippen molar-refractivity contribution in [3.8, 4) is 0 Å². The largest absolute Gasteiger partial charge is 0.481 e. The van der Waals surface area contributed by atoms with Crippen LogP contribution in [0.1, 0.15) is 32.6 Å². The molecule has 0 aliphatic carbocycles. The number of carboxylic acid groups (broad SMARTS) is 1. The van der Waals surface area contributed by atoms with E-state index in [1.165, 1.54) is 19.4 Å². The minimum absolute atomic E-state index is 0.320. The second-order valence-corrected chi connectivity index (χ2v) is 4.71. The lowest BCUT2D eigenvalue weighted by Gasteiger charge is -2.31. The molecule has 1 rings (SSSR count). The van der Waals surface area contributed by atoms with Gasteiger partial charge in [0.1, 0.15) is 0 Å². The van der Waals surface area contributed by atoms with Crippen molar-refractivity contribution < 1.29 is 9.90 Å². The smallest absolute Gasteiger partial charge is 0.303 e. The van der Waals surface area contributed by atoms with Gasteiger partial charge in [-0.1, -0.05) is 6.92 Å². The fourth-order valence-electron chi connectivity index (χ4n) is 2.42. The fourth-order valence-corrected chi connectivity index (χ4v) is 2.42. The quantitative estimate of drug-likeness (QED) is 0.751. The van der Waals surface area contributed by atoms with Crippen molar-refractivity contribution in [3.05, 3.63) is 0 Å². The molecule has 0 aromatic carbocycles. The maximum atomic E-state index is 10.5. The van der Waals surface area contributed by atoms with Crippen LogP contribution in [0.15, 0.2) is 0 Å². The molecule has 0 aromatic rings. The van der Waals surface area contributed by atoms with Crippen LogP contribution in [0.3, 0.4) is 0 Å². The summed E-state index contributed by atoms with van der Waals surface area (Å²) in [5.74, 6) is 0.369. The van der Waals surface area contributed by atoms with E-state index in [1.807, 2.05) is 6.92 Å². The summed E-state index contributed by atoms with van der Waals surface area (Å²) in [7, 11) is 2.15. The SMILES string of the molecule is CC(CC(=O)O)CC1CCCN(C)C1. The molecule has 82 valence electrons. The van der Waals surface area contributed by atoms with Crippen LogP contribution in [0.5, 0.6) is 0 Å². The van der Waals surface area contributed by atoms with Gasteiger partial charge in [0.05, 0.1) is 0 Å². The first-order chi connectivity index (χ1) is 6.58. The summed E-state index contributed by atoms with van der Waals surface area (Å²) >= 11 is 0. The maximum absolute atomic E-state index is 10.5. The molecule has 1 fully saturated rings. The van der Waals surface area contributed by atoms with E-state index >= 15 is 0 Å². The molecule has 0 radical (unpaired) electrons. The van der Waals surface area contributed by atoms with Crippen molar-refractivity contribution in [1.82, 2.24) is 4.90 Å². The van der Waals surface area contributed by atoms with Gasteiger partial charge in [-0.05, 0) is 44.7 Å². The van der Waals surface area contributed by atoms with Crippen LogP contribution in [0.4, 0.5) is 0 Å². The van der Waals surface area contributed by atoms with E-state index in [-0.39, 0.29) is 0 Å². The lowest BCUT2D eigenvalue weighted by molar-refractivity contribution is -0.138. The molecule has 0 spiro atoms. The predicted molar refractivity (Wildman–Crippen MR) is 56.3 cm³/mol. The van der Waals surface area contributed by atoms with Gasteiger partial charge >= 0.3 is 5.97 Å². The Morgan fingerprint density at radius 2 is 2.36 bits per heavy atom. The van der Waals surface area contributed by atoms with Gasteiger partial charge < -0.3 is 10.0 Å². The summed E-state index contributed by atoms with van der Waals surface area (Å²) in [5.41, 5.74) is 0. The number of hydrogen-bond acceptors (Lipinski definition) is 2. The number of carboxylic acids is 1. The van der Waals surface area contributed by atoms with Gasteiger partial charge in [0.25, 0.3) is 0 Å². The molecule has 0 bridgehead atoms. The number of rotatable bonds is 4. The highest BCUT2D eigenvalue weighted by Crippen LogP contribution is 2.23. The molecule has 1 saturated heterocycles. The summed E-state index contributed by atoms with van der Waals surface area (Å²) in [6, 6.07) is 0. The number of carbonyl (C=O) groups is 1. The third-order valence-electron chi connectivity index (χ3n) is 2.98. The second-order valence-electron chi connectivity index (χ2n) is 4.71. The lowest BCUT2D eigenvalue weighted by atomic mass is 9.88. The number of nitrogens with zero attached hydrogens (tertiary/aromatic N) is 1. The molecule has 3 heteroatoms. The normalized spacial score (nSPS) is 26.0. The highest BCUT2D eigenvalue weighted by molar-refractivity contribution is 5.66. The zero-order valence-corrected chi connectivity index (χ0v) is 9.20. The van der Waals surface area contributed by atoms with E-state index in [0.29, 0.717) is 18.3 Å². The molecule has 0 aromatic heterocycles. The topological polar surface area (TPSA) is 40.5 Å². The molecule has 0 saturated carbocycles. The third-order valence-corrected chi connectivity index (χ3v) is 2.98. The minimum atomic E-state index is -0.665. The molecule has 14 heavy (non-hydrogen) atoms.